The van der Waals surface area contributed by atoms with Gasteiger partial charge >= 0.3 is 0 Å². The second kappa shape index (κ2) is 9.85. The number of nitrogen functional groups attached to an aromatic ring is 1. The van der Waals surface area contributed by atoms with Gasteiger partial charge in [0.05, 0.1) is 9.88 Å². The number of alkyl halides is 2. The molecule has 0 aliphatic carbocycles. The second-order valence-corrected chi connectivity index (χ2v) is 7.30. The number of carbonyl (C=O) groups excluding carboxylic acids is 2. The van der Waals surface area contributed by atoms with E-state index in [9.17, 15) is 23.5 Å². The predicted molar refractivity (Wildman–Crippen MR) is 107 cm³/mol. The Hall–Kier alpha value is -3.44. The van der Waals surface area contributed by atoms with Crippen LogP contribution >= 0.6 is 11.3 Å². The van der Waals surface area contributed by atoms with Crippen LogP contribution in [0.5, 0.6) is 0 Å². The van der Waals surface area contributed by atoms with Crippen LogP contribution in [-0.4, -0.2) is 40.2 Å². The lowest BCUT2D eigenvalue weighted by atomic mass is 9.95. The van der Waals surface area contributed by atoms with Crippen molar-refractivity contribution < 1.29 is 28.7 Å². The quantitative estimate of drug-likeness (QED) is 0.277. The summed E-state index contributed by atoms with van der Waals surface area (Å²) < 4.78 is 26.1. The number of thiophene rings is 1. The summed E-state index contributed by atoms with van der Waals surface area (Å²) in [5.41, 5.74) is 4.42. The minimum atomic E-state index is -3.36. The van der Waals surface area contributed by atoms with Gasteiger partial charge in [0, 0.05) is 11.1 Å². The fraction of sp³-hybridized carbons (Fsp3) is 0.200. The molecule has 1 heterocycles. The molecule has 0 spiro atoms. The lowest BCUT2D eigenvalue weighted by molar-refractivity contribution is -0.149. The fourth-order valence-corrected chi connectivity index (χ4v) is 2.83. The van der Waals surface area contributed by atoms with E-state index >= 15 is 0 Å². The van der Waals surface area contributed by atoms with Gasteiger partial charge in [-0.2, -0.15) is 0 Å². The van der Waals surface area contributed by atoms with Crippen LogP contribution in [0, 0.1) is 23.7 Å². The van der Waals surface area contributed by atoms with Gasteiger partial charge in [-0.15, -0.1) is 11.3 Å². The number of halogens is 2. The molecule has 0 saturated carbocycles. The van der Waals surface area contributed by atoms with E-state index in [0.717, 1.165) is 10.4 Å². The van der Waals surface area contributed by atoms with E-state index in [2.05, 4.69) is 23.7 Å². The van der Waals surface area contributed by atoms with Crippen molar-refractivity contribution in [3.8, 4) is 23.7 Å². The van der Waals surface area contributed by atoms with Crippen molar-refractivity contribution in [2.24, 2.45) is 0 Å². The first-order valence-corrected chi connectivity index (χ1v) is 9.19. The molecule has 0 fully saturated rings. The zero-order valence-electron chi connectivity index (χ0n) is 15.6. The minimum absolute atomic E-state index is 0.0292. The van der Waals surface area contributed by atoms with Crippen molar-refractivity contribution in [1.82, 2.24) is 10.8 Å². The van der Waals surface area contributed by atoms with Crippen molar-refractivity contribution >= 4 is 28.2 Å². The van der Waals surface area contributed by atoms with Crippen LogP contribution in [0.3, 0.4) is 0 Å². The number of nitrogens with one attached hydrogen (secondary N) is 2. The zero-order valence-corrected chi connectivity index (χ0v) is 16.4. The number of hydrogen-bond acceptors (Lipinski definition) is 6. The Labute approximate surface area is 174 Å². The molecule has 1 aromatic carbocycles. The maximum Gasteiger partial charge on any atom is 0.269 e. The molecule has 0 saturated heterocycles. The van der Waals surface area contributed by atoms with Gasteiger partial charge in [0.2, 0.25) is 0 Å². The van der Waals surface area contributed by atoms with Crippen LogP contribution in [0.1, 0.15) is 27.7 Å². The summed E-state index contributed by atoms with van der Waals surface area (Å²) in [6.45, 7) is 0.669. The first-order chi connectivity index (χ1) is 14.1. The highest BCUT2D eigenvalue weighted by Crippen LogP contribution is 2.20. The molecule has 2 unspecified atom stereocenters. The Kier molecular flexibility index (Phi) is 7.50. The number of anilines is 1. The number of rotatable bonds is 5. The normalized spacial score (nSPS) is 13.1. The lowest BCUT2D eigenvalue weighted by Gasteiger charge is -2.30. The summed E-state index contributed by atoms with van der Waals surface area (Å²) >= 11 is 1.33. The molecule has 30 heavy (non-hydrogen) atoms. The first kappa shape index (κ1) is 22.8. The highest BCUT2D eigenvalue weighted by Gasteiger charge is 2.46. The topological polar surface area (TPSA) is 125 Å². The van der Waals surface area contributed by atoms with Crippen LogP contribution in [0.2, 0.25) is 0 Å². The number of amides is 2. The van der Waals surface area contributed by atoms with Crippen LogP contribution in [0.4, 0.5) is 13.8 Å². The molecule has 0 radical (unpaired) electrons. The molecule has 0 aliphatic rings. The van der Waals surface area contributed by atoms with E-state index in [-0.39, 0.29) is 5.56 Å². The number of hydrogen-bond donors (Lipinski definition) is 5. The molecule has 2 aromatic rings. The fourth-order valence-electron chi connectivity index (χ4n) is 2.20. The van der Waals surface area contributed by atoms with Gasteiger partial charge < -0.3 is 16.2 Å². The maximum absolute atomic E-state index is 13.0. The molecule has 7 nitrogen and oxygen atoms in total. The predicted octanol–water partition coefficient (Wildman–Crippen LogP) is 1.35. The monoisotopic (exact) mass is 433 g/mol. The van der Waals surface area contributed by atoms with Gasteiger partial charge in [0.15, 0.2) is 5.60 Å². The van der Waals surface area contributed by atoms with E-state index < -0.39 is 29.9 Å². The minimum Gasteiger partial charge on any atom is -0.391 e. The highest BCUT2D eigenvalue weighted by molar-refractivity contribution is 7.16. The van der Waals surface area contributed by atoms with Crippen LogP contribution in [0.25, 0.3) is 0 Å². The first-order valence-electron chi connectivity index (χ1n) is 8.38. The van der Waals surface area contributed by atoms with Gasteiger partial charge in [-0.1, -0.05) is 5.92 Å². The van der Waals surface area contributed by atoms with Crippen LogP contribution in [0.15, 0.2) is 36.4 Å². The standard InChI is InChI=1S/C20H17F2N3O4S/c1-20(28,19(21)22)16(18(27)25-29)24-17(26)13-8-6-12(7-9-13)4-2-3-5-14-10-11-15(23)30-14/h6-11,16,19,28-29H,23H2,1H3,(H,24,26)(H,25,27). The van der Waals surface area contributed by atoms with E-state index in [1.807, 2.05) is 5.32 Å². The number of carbonyl (C=O) groups is 2. The maximum atomic E-state index is 13.0. The van der Waals surface area contributed by atoms with E-state index in [1.54, 1.807) is 12.1 Å². The van der Waals surface area contributed by atoms with Gasteiger partial charge in [0.25, 0.3) is 18.2 Å². The van der Waals surface area contributed by atoms with Gasteiger partial charge in [-0.25, -0.2) is 14.3 Å². The average Bonchev–Trinajstić information content (AvgIpc) is 3.13. The summed E-state index contributed by atoms with van der Waals surface area (Å²) in [6.07, 6.45) is -3.36. The van der Waals surface area contributed by atoms with Crippen molar-refractivity contribution in [2.45, 2.75) is 25.0 Å². The van der Waals surface area contributed by atoms with Gasteiger partial charge in [0.1, 0.15) is 6.04 Å². The van der Waals surface area contributed by atoms with Gasteiger partial charge in [-0.05, 0) is 61.1 Å². The molecule has 0 aliphatic heterocycles. The van der Waals surface area contributed by atoms with Crippen molar-refractivity contribution in [3.63, 3.8) is 0 Å². The van der Waals surface area contributed by atoms with Crippen molar-refractivity contribution in [2.75, 3.05) is 5.73 Å². The second-order valence-electron chi connectivity index (χ2n) is 6.19. The van der Waals surface area contributed by atoms with Crippen molar-refractivity contribution in [1.29, 1.82) is 0 Å². The Morgan fingerprint density at radius 3 is 2.30 bits per heavy atom. The SMILES string of the molecule is CC(O)(C(F)F)C(NC(=O)c1ccc(C#CC#Cc2ccc(N)s2)cc1)C(=O)NO. The summed E-state index contributed by atoms with van der Waals surface area (Å²) in [4.78, 5) is 24.7. The lowest BCUT2D eigenvalue weighted by Crippen LogP contribution is -2.61. The van der Waals surface area contributed by atoms with E-state index in [0.29, 0.717) is 17.5 Å². The Bertz CT molecular complexity index is 1040. The van der Waals surface area contributed by atoms with Gasteiger partial charge in [-0.3, -0.25) is 14.8 Å². The smallest absolute Gasteiger partial charge is 0.269 e. The Morgan fingerprint density at radius 2 is 1.77 bits per heavy atom. The zero-order chi connectivity index (χ0) is 22.3. The third-order valence-electron chi connectivity index (χ3n) is 3.90. The molecule has 2 rings (SSSR count). The molecule has 0 bridgehead atoms. The largest absolute Gasteiger partial charge is 0.391 e. The molecule has 2 amide bonds. The van der Waals surface area contributed by atoms with E-state index in [4.69, 9.17) is 10.9 Å². The molecular weight excluding hydrogens is 416 g/mol. The molecule has 6 N–H and O–H groups in total. The average molecular weight is 433 g/mol. The van der Waals surface area contributed by atoms with E-state index in [1.165, 1.54) is 35.6 Å². The Morgan fingerprint density at radius 1 is 1.13 bits per heavy atom. The molecule has 156 valence electrons. The molecule has 2 atom stereocenters. The number of hydroxylamine groups is 1. The number of nitrogens with two attached hydrogens (primary N) is 1. The summed E-state index contributed by atoms with van der Waals surface area (Å²) in [7, 11) is 0. The van der Waals surface area contributed by atoms with Crippen molar-refractivity contribution in [3.05, 3.63) is 52.4 Å². The summed E-state index contributed by atoms with van der Waals surface area (Å²) in [6, 6.07) is 7.14. The number of benzene rings is 1. The third-order valence-corrected chi connectivity index (χ3v) is 4.73. The summed E-state index contributed by atoms with van der Waals surface area (Å²) in [5.74, 6) is 8.64. The summed E-state index contributed by atoms with van der Waals surface area (Å²) in [5, 5.41) is 21.2. The molecule has 10 heteroatoms. The van der Waals surface area contributed by atoms with Crippen LogP contribution < -0.4 is 16.5 Å². The molecule has 1 aromatic heterocycles. The molecular formula is C20H17F2N3O4S. The third kappa shape index (κ3) is 5.78. The Balaban J connectivity index is 2.10. The van der Waals surface area contributed by atoms with Crippen LogP contribution in [-0.2, 0) is 4.79 Å². The number of aliphatic hydroxyl groups is 1. The highest BCUT2D eigenvalue weighted by atomic mass is 32.1.